The highest BCUT2D eigenvalue weighted by atomic mass is 32.2. The van der Waals surface area contributed by atoms with E-state index < -0.39 is 15.9 Å². The van der Waals surface area contributed by atoms with E-state index in [0.717, 1.165) is 41.6 Å². The van der Waals surface area contributed by atoms with Crippen molar-refractivity contribution in [3.05, 3.63) is 52.8 Å². The summed E-state index contributed by atoms with van der Waals surface area (Å²) >= 11 is 1.42. The topological polar surface area (TPSA) is 81.0 Å². The molecule has 3 aromatic rings. The lowest BCUT2D eigenvalue weighted by Gasteiger charge is -2.19. The fourth-order valence-electron chi connectivity index (χ4n) is 3.92. The molecule has 170 valence electrons. The molecule has 1 aromatic heterocycles. The number of hydrogen-bond acceptors (Lipinski definition) is 5. The summed E-state index contributed by atoms with van der Waals surface area (Å²) in [5.74, 6) is 0.352. The third-order valence-corrected chi connectivity index (χ3v) is 8.66. The third-order valence-electron chi connectivity index (χ3n) is 5.71. The van der Waals surface area contributed by atoms with E-state index in [1.54, 1.807) is 23.5 Å². The summed E-state index contributed by atoms with van der Waals surface area (Å²) in [5.41, 5.74) is 1.35. The molecule has 0 atom stereocenters. The summed E-state index contributed by atoms with van der Waals surface area (Å²) in [6, 6.07) is 11.9. The first-order valence-corrected chi connectivity index (χ1v) is 13.1. The molecule has 1 amide bonds. The van der Waals surface area contributed by atoms with Crippen LogP contribution in [0.15, 0.2) is 52.4 Å². The number of sulfonamides is 1. The van der Waals surface area contributed by atoms with Gasteiger partial charge < -0.3 is 9.30 Å². The Hall–Kier alpha value is -2.49. The molecule has 1 aliphatic heterocycles. The van der Waals surface area contributed by atoms with Crippen LogP contribution < -0.4 is 9.54 Å². The van der Waals surface area contributed by atoms with Gasteiger partial charge in [0.2, 0.25) is 10.0 Å². The standard InChI is InChI=1S/C23H27N3O4S2/c1-3-26-20-13-10-18(30-2)16-21(20)31-23(26)24-22(27)17-8-11-19(12-9-17)32(28,29)25-14-6-4-5-7-15-25/h8-13,16H,3-7,14-15H2,1-2H3. The van der Waals surface area contributed by atoms with Crippen LogP contribution in [0.2, 0.25) is 0 Å². The van der Waals surface area contributed by atoms with Crippen molar-refractivity contribution in [2.45, 2.75) is 44.0 Å². The highest BCUT2D eigenvalue weighted by Crippen LogP contribution is 2.24. The smallest absolute Gasteiger partial charge is 0.279 e. The highest BCUT2D eigenvalue weighted by molar-refractivity contribution is 7.89. The minimum atomic E-state index is -3.54. The Bertz CT molecular complexity index is 1280. The van der Waals surface area contributed by atoms with E-state index in [1.807, 2.05) is 29.7 Å². The van der Waals surface area contributed by atoms with Crippen LogP contribution in [-0.2, 0) is 16.6 Å². The van der Waals surface area contributed by atoms with Crippen LogP contribution in [0, 0.1) is 0 Å². The number of fused-ring (bicyclic) bond motifs is 1. The fraction of sp³-hybridized carbons (Fsp3) is 0.391. The molecule has 1 saturated heterocycles. The lowest BCUT2D eigenvalue weighted by molar-refractivity contribution is 0.0997. The van der Waals surface area contributed by atoms with Crippen molar-refractivity contribution in [1.82, 2.24) is 8.87 Å². The maximum Gasteiger partial charge on any atom is 0.279 e. The molecule has 0 bridgehead atoms. The minimum absolute atomic E-state index is 0.216. The number of hydrogen-bond donors (Lipinski definition) is 0. The second-order valence-corrected chi connectivity index (χ2v) is 10.7. The number of carbonyl (C=O) groups excluding carboxylic acids is 1. The van der Waals surface area contributed by atoms with Crippen molar-refractivity contribution >= 4 is 37.5 Å². The van der Waals surface area contributed by atoms with Gasteiger partial charge >= 0.3 is 0 Å². The fourth-order valence-corrected chi connectivity index (χ4v) is 6.56. The van der Waals surface area contributed by atoms with Crippen molar-refractivity contribution in [3.63, 3.8) is 0 Å². The number of amides is 1. The summed E-state index contributed by atoms with van der Waals surface area (Å²) < 4.78 is 35.7. The number of aromatic nitrogens is 1. The van der Waals surface area contributed by atoms with Gasteiger partial charge in [-0.05, 0) is 62.2 Å². The van der Waals surface area contributed by atoms with E-state index in [1.165, 1.54) is 23.5 Å². The van der Waals surface area contributed by atoms with Crippen LogP contribution in [0.3, 0.4) is 0 Å². The molecule has 0 spiro atoms. The van der Waals surface area contributed by atoms with Gasteiger partial charge in [-0.3, -0.25) is 4.79 Å². The van der Waals surface area contributed by atoms with Crippen molar-refractivity contribution in [2.24, 2.45) is 4.99 Å². The predicted octanol–water partition coefficient (Wildman–Crippen LogP) is 4.04. The highest BCUT2D eigenvalue weighted by Gasteiger charge is 2.25. The molecule has 2 heterocycles. The average molecular weight is 474 g/mol. The molecule has 0 aliphatic carbocycles. The molecule has 2 aromatic carbocycles. The van der Waals surface area contributed by atoms with Gasteiger partial charge in [0.15, 0.2) is 4.80 Å². The van der Waals surface area contributed by atoms with E-state index in [-0.39, 0.29) is 4.90 Å². The van der Waals surface area contributed by atoms with E-state index in [0.29, 0.717) is 30.0 Å². The zero-order valence-corrected chi connectivity index (χ0v) is 19.9. The van der Waals surface area contributed by atoms with Gasteiger partial charge in [0, 0.05) is 25.2 Å². The molecular formula is C23H27N3O4S2. The Labute approximate surface area is 192 Å². The van der Waals surface area contributed by atoms with Crippen LogP contribution in [0.1, 0.15) is 43.0 Å². The molecule has 0 radical (unpaired) electrons. The van der Waals surface area contributed by atoms with Gasteiger partial charge in [-0.15, -0.1) is 0 Å². The molecule has 4 rings (SSSR count). The van der Waals surface area contributed by atoms with Gasteiger partial charge in [0.25, 0.3) is 5.91 Å². The van der Waals surface area contributed by atoms with Gasteiger partial charge in [0.05, 0.1) is 22.2 Å². The van der Waals surface area contributed by atoms with E-state index in [2.05, 4.69) is 4.99 Å². The van der Waals surface area contributed by atoms with Crippen LogP contribution in [0.25, 0.3) is 10.2 Å². The second-order valence-electron chi connectivity index (χ2n) is 7.72. The number of nitrogens with zero attached hydrogens (tertiary/aromatic N) is 3. The quantitative estimate of drug-likeness (QED) is 0.560. The third kappa shape index (κ3) is 4.51. The normalized spacial score (nSPS) is 16.2. The maximum absolute atomic E-state index is 13.0. The minimum Gasteiger partial charge on any atom is -0.497 e. The number of benzene rings is 2. The van der Waals surface area contributed by atoms with Crippen LogP contribution in [0.5, 0.6) is 5.75 Å². The molecule has 32 heavy (non-hydrogen) atoms. The lowest BCUT2D eigenvalue weighted by Crippen LogP contribution is -2.31. The Kier molecular flexibility index (Phi) is 6.78. The van der Waals surface area contributed by atoms with Gasteiger partial charge in [-0.25, -0.2) is 8.42 Å². The predicted molar refractivity (Wildman–Crippen MR) is 126 cm³/mol. The van der Waals surface area contributed by atoms with E-state index in [4.69, 9.17) is 4.74 Å². The second kappa shape index (κ2) is 9.56. The first kappa shape index (κ1) is 22.7. The maximum atomic E-state index is 13.0. The van der Waals surface area contributed by atoms with E-state index in [9.17, 15) is 13.2 Å². The Morgan fingerprint density at radius 1 is 1.06 bits per heavy atom. The number of thiazole rings is 1. The summed E-state index contributed by atoms with van der Waals surface area (Å²) in [5, 5.41) is 0. The molecule has 0 saturated carbocycles. The molecule has 1 fully saturated rings. The van der Waals surface area contributed by atoms with Gasteiger partial charge in [-0.2, -0.15) is 9.30 Å². The molecule has 0 unspecified atom stereocenters. The average Bonchev–Trinajstić information content (AvgIpc) is 2.95. The van der Waals surface area contributed by atoms with Gasteiger partial charge in [-0.1, -0.05) is 24.2 Å². The van der Waals surface area contributed by atoms with Crippen LogP contribution >= 0.6 is 11.3 Å². The van der Waals surface area contributed by atoms with Crippen molar-refractivity contribution in [1.29, 1.82) is 0 Å². The summed E-state index contributed by atoms with van der Waals surface area (Å²) in [6.07, 6.45) is 3.88. The molecule has 7 nitrogen and oxygen atoms in total. The Balaban J connectivity index is 1.62. The molecule has 1 aliphatic rings. The summed E-state index contributed by atoms with van der Waals surface area (Å²) in [4.78, 5) is 18.0. The summed E-state index contributed by atoms with van der Waals surface area (Å²) in [7, 11) is -1.92. The zero-order valence-electron chi connectivity index (χ0n) is 18.3. The van der Waals surface area contributed by atoms with Crippen molar-refractivity contribution in [2.75, 3.05) is 20.2 Å². The largest absolute Gasteiger partial charge is 0.497 e. The molecule has 0 N–H and O–H groups in total. The van der Waals surface area contributed by atoms with Crippen LogP contribution in [-0.4, -0.2) is 43.4 Å². The Morgan fingerprint density at radius 2 is 1.75 bits per heavy atom. The van der Waals surface area contributed by atoms with E-state index >= 15 is 0 Å². The zero-order chi connectivity index (χ0) is 22.7. The first-order chi connectivity index (χ1) is 15.4. The van der Waals surface area contributed by atoms with Crippen molar-refractivity contribution < 1.29 is 17.9 Å². The Morgan fingerprint density at radius 3 is 2.38 bits per heavy atom. The monoisotopic (exact) mass is 473 g/mol. The van der Waals surface area contributed by atoms with Crippen molar-refractivity contribution in [3.8, 4) is 5.75 Å². The summed E-state index contributed by atoms with van der Waals surface area (Å²) in [6.45, 7) is 3.77. The number of aryl methyl sites for hydroxylation is 1. The number of carbonyl (C=O) groups is 1. The first-order valence-electron chi connectivity index (χ1n) is 10.8. The molecular weight excluding hydrogens is 446 g/mol. The SMILES string of the molecule is CCn1c(=NC(=O)c2ccc(S(=O)(=O)N3CCCCCC3)cc2)sc2cc(OC)ccc21. The lowest BCUT2D eigenvalue weighted by atomic mass is 10.2. The van der Waals surface area contributed by atoms with Gasteiger partial charge in [0.1, 0.15) is 5.75 Å². The number of rotatable bonds is 5. The molecule has 9 heteroatoms. The number of methoxy groups -OCH3 is 1. The number of ether oxygens (including phenoxy) is 1. The van der Waals surface area contributed by atoms with Crippen LogP contribution in [0.4, 0.5) is 0 Å².